The van der Waals surface area contributed by atoms with Crippen LogP contribution in [0.15, 0.2) is 47.5 Å². The van der Waals surface area contributed by atoms with Crippen LogP contribution in [-0.4, -0.2) is 49.0 Å². The zero-order valence-corrected chi connectivity index (χ0v) is 16.5. The van der Waals surface area contributed by atoms with Crippen molar-refractivity contribution in [2.75, 3.05) is 6.61 Å². The van der Waals surface area contributed by atoms with E-state index in [2.05, 4.69) is 25.6 Å². The smallest absolute Gasteiger partial charge is 0.338 e. The standard InChI is InChI=1S/C21H20N6O3/c1-3-16(22-14-8-5-12(6-9-14)19-24-26-27-25-19)18-15-10-7-13(21(29)30-4-2)11-17(15)23-20(18)28/h5-11,23,28H,3-4H2,1-2H3,(H,24,25,26,27). The minimum Gasteiger partial charge on any atom is -0.494 e. The summed E-state index contributed by atoms with van der Waals surface area (Å²) in [5.74, 6) is 0.115. The molecule has 0 saturated heterocycles. The Bertz CT molecular complexity index is 1210. The highest BCUT2D eigenvalue weighted by atomic mass is 16.5. The number of rotatable bonds is 6. The summed E-state index contributed by atoms with van der Waals surface area (Å²) in [5, 5.41) is 25.2. The SMILES string of the molecule is CCOC(=O)c1ccc2c(C(CC)=Nc3ccc(-c4nn[nH]n4)cc3)c(O)[nH]c2c1. The molecule has 0 amide bonds. The maximum Gasteiger partial charge on any atom is 0.338 e. The Labute approximate surface area is 171 Å². The number of benzene rings is 2. The number of tetrazole rings is 1. The molecule has 0 saturated carbocycles. The van der Waals surface area contributed by atoms with E-state index >= 15 is 0 Å². The molecule has 4 rings (SSSR count). The Balaban J connectivity index is 1.70. The third-order valence-electron chi connectivity index (χ3n) is 4.65. The molecule has 9 nitrogen and oxygen atoms in total. The normalized spacial score (nSPS) is 11.7. The van der Waals surface area contributed by atoms with Crippen LogP contribution in [0.3, 0.4) is 0 Å². The Morgan fingerprint density at radius 2 is 1.97 bits per heavy atom. The molecule has 0 fully saturated rings. The number of hydrogen-bond acceptors (Lipinski definition) is 7. The highest BCUT2D eigenvalue weighted by Gasteiger charge is 2.17. The number of nitrogens with one attached hydrogen (secondary N) is 2. The van der Waals surface area contributed by atoms with E-state index in [1.165, 1.54) is 0 Å². The third kappa shape index (κ3) is 3.64. The van der Waals surface area contributed by atoms with Gasteiger partial charge in [0, 0.05) is 16.5 Å². The summed E-state index contributed by atoms with van der Waals surface area (Å²) in [6.45, 7) is 4.03. The van der Waals surface area contributed by atoms with Crippen molar-refractivity contribution < 1.29 is 14.6 Å². The number of aromatic hydroxyl groups is 1. The Kier molecular flexibility index (Phi) is 5.25. The maximum atomic E-state index is 12.0. The van der Waals surface area contributed by atoms with Crippen LogP contribution in [0.2, 0.25) is 0 Å². The average Bonchev–Trinajstić information content (AvgIpc) is 3.40. The summed E-state index contributed by atoms with van der Waals surface area (Å²) >= 11 is 0. The van der Waals surface area contributed by atoms with E-state index in [0.29, 0.717) is 35.5 Å². The number of carbonyl (C=O) groups excluding carboxylic acids is 1. The van der Waals surface area contributed by atoms with Crippen LogP contribution in [0, 0.1) is 0 Å². The topological polar surface area (TPSA) is 129 Å². The van der Waals surface area contributed by atoms with E-state index in [9.17, 15) is 9.90 Å². The van der Waals surface area contributed by atoms with Gasteiger partial charge in [-0.25, -0.2) is 4.79 Å². The van der Waals surface area contributed by atoms with Gasteiger partial charge in [-0.05, 0) is 55.0 Å². The highest BCUT2D eigenvalue weighted by Crippen LogP contribution is 2.31. The summed E-state index contributed by atoms with van der Waals surface area (Å²) in [5.41, 5.74) is 3.95. The van der Waals surface area contributed by atoms with E-state index in [1.807, 2.05) is 31.2 Å². The minimum absolute atomic E-state index is 0.00928. The zero-order valence-electron chi connectivity index (χ0n) is 16.5. The van der Waals surface area contributed by atoms with Gasteiger partial charge < -0.3 is 14.8 Å². The lowest BCUT2D eigenvalue weighted by molar-refractivity contribution is 0.0526. The molecule has 0 spiro atoms. The predicted molar refractivity (Wildman–Crippen MR) is 112 cm³/mol. The average molecular weight is 404 g/mol. The van der Waals surface area contributed by atoms with E-state index in [-0.39, 0.29) is 5.88 Å². The number of esters is 1. The summed E-state index contributed by atoms with van der Waals surface area (Å²) in [6.07, 6.45) is 0.604. The molecule has 0 unspecified atom stereocenters. The highest BCUT2D eigenvalue weighted by molar-refractivity contribution is 6.14. The Morgan fingerprint density at radius 3 is 2.63 bits per heavy atom. The van der Waals surface area contributed by atoms with Gasteiger partial charge in [0.25, 0.3) is 0 Å². The molecule has 0 radical (unpaired) electrons. The molecule has 0 aliphatic rings. The molecule has 2 heterocycles. The second-order valence-electron chi connectivity index (χ2n) is 6.52. The van der Waals surface area contributed by atoms with Crippen molar-refractivity contribution in [1.29, 1.82) is 0 Å². The van der Waals surface area contributed by atoms with Gasteiger partial charge in [-0.2, -0.15) is 5.21 Å². The second kappa shape index (κ2) is 8.16. The van der Waals surface area contributed by atoms with Crippen molar-refractivity contribution in [2.45, 2.75) is 20.3 Å². The molecule has 152 valence electrons. The molecule has 3 N–H and O–H groups in total. The van der Waals surface area contributed by atoms with Crippen molar-refractivity contribution in [3.05, 3.63) is 53.6 Å². The molecule has 9 heteroatoms. The van der Waals surface area contributed by atoms with Crippen LogP contribution in [0.5, 0.6) is 5.88 Å². The van der Waals surface area contributed by atoms with Gasteiger partial charge in [0.05, 0.1) is 29.1 Å². The number of aromatic amines is 2. The number of ether oxygens (including phenoxy) is 1. The summed E-state index contributed by atoms with van der Waals surface area (Å²) in [7, 11) is 0. The number of carbonyl (C=O) groups is 1. The van der Waals surface area contributed by atoms with Crippen molar-refractivity contribution in [3.63, 3.8) is 0 Å². The van der Waals surface area contributed by atoms with Gasteiger partial charge in [-0.3, -0.25) is 4.99 Å². The summed E-state index contributed by atoms with van der Waals surface area (Å²) in [6, 6.07) is 12.6. The molecule has 0 aliphatic carbocycles. The summed E-state index contributed by atoms with van der Waals surface area (Å²) < 4.78 is 5.04. The van der Waals surface area contributed by atoms with Crippen molar-refractivity contribution in [3.8, 4) is 17.3 Å². The monoisotopic (exact) mass is 404 g/mol. The third-order valence-corrected chi connectivity index (χ3v) is 4.65. The van der Waals surface area contributed by atoms with Gasteiger partial charge in [0.1, 0.15) is 0 Å². The first-order valence-electron chi connectivity index (χ1n) is 9.54. The molecule has 4 aromatic rings. The second-order valence-corrected chi connectivity index (χ2v) is 6.52. The van der Waals surface area contributed by atoms with Gasteiger partial charge >= 0.3 is 5.97 Å². The van der Waals surface area contributed by atoms with E-state index in [1.54, 1.807) is 25.1 Å². The first-order valence-corrected chi connectivity index (χ1v) is 9.54. The molecular weight excluding hydrogens is 384 g/mol. The van der Waals surface area contributed by atoms with Crippen molar-refractivity contribution in [1.82, 2.24) is 25.6 Å². The van der Waals surface area contributed by atoms with Crippen LogP contribution >= 0.6 is 0 Å². The van der Waals surface area contributed by atoms with Crippen LogP contribution in [0.1, 0.15) is 36.2 Å². The fourth-order valence-corrected chi connectivity index (χ4v) is 3.25. The zero-order chi connectivity index (χ0) is 21.1. The molecule has 0 bridgehead atoms. The fourth-order valence-electron chi connectivity index (χ4n) is 3.25. The lowest BCUT2D eigenvalue weighted by Crippen LogP contribution is -2.04. The summed E-state index contributed by atoms with van der Waals surface area (Å²) in [4.78, 5) is 19.6. The maximum absolute atomic E-state index is 12.0. The number of fused-ring (bicyclic) bond motifs is 1. The van der Waals surface area contributed by atoms with Gasteiger partial charge in [0.15, 0.2) is 5.88 Å². The van der Waals surface area contributed by atoms with Gasteiger partial charge in [0.2, 0.25) is 5.82 Å². The van der Waals surface area contributed by atoms with Crippen molar-refractivity contribution >= 4 is 28.3 Å². The molecule has 0 aliphatic heterocycles. The van der Waals surface area contributed by atoms with Crippen LogP contribution in [-0.2, 0) is 4.74 Å². The Morgan fingerprint density at radius 1 is 1.17 bits per heavy atom. The quantitative estimate of drug-likeness (QED) is 0.331. The number of H-pyrrole nitrogens is 2. The van der Waals surface area contributed by atoms with Gasteiger partial charge in [-0.1, -0.05) is 13.0 Å². The lowest BCUT2D eigenvalue weighted by atomic mass is 10.0. The predicted octanol–water partition coefficient (Wildman–Crippen LogP) is 3.76. The van der Waals surface area contributed by atoms with Crippen molar-refractivity contribution in [2.24, 2.45) is 4.99 Å². The molecule has 0 atom stereocenters. The van der Waals surface area contributed by atoms with Crippen LogP contribution in [0.25, 0.3) is 22.3 Å². The molecule has 2 aromatic heterocycles. The molecule has 30 heavy (non-hydrogen) atoms. The molecule has 2 aromatic carbocycles. The first-order chi connectivity index (χ1) is 14.6. The number of nitrogens with zero attached hydrogens (tertiary/aromatic N) is 4. The lowest BCUT2D eigenvalue weighted by Gasteiger charge is -2.05. The number of hydrogen-bond donors (Lipinski definition) is 3. The van der Waals surface area contributed by atoms with Crippen LogP contribution in [0.4, 0.5) is 5.69 Å². The van der Waals surface area contributed by atoms with E-state index in [4.69, 9.17) is 9.73 Å². The fraction of sp³-hybridized carbons (Fsp3) is 0.190. The Hall–Kier alpha value is -4.01. The number of aromatic nitrogens is 5. The first kappa shape index (κ1) is 19.3. The number of aliphatic imine (C=N–C) groups is 1. The largest absolute Gasteiger partial charge is 0.494 e. The van der Waals surface area contributed by atoms with E-state index < -0.39 is 5.97 Å². The van der Waals surface area contributed by atoms with Gasteiger partial charge in [-0.15, -0.1) is 10.2 Å². The van der Waals surface area contributed by atoms with Crippen LogP contribution < -0.4 is 0 Å². The molecular formula is C21H20N6O3. The minimum atomic E-state index is -0.402. The van der Waals surface area contributed by atoms with E-state index in [0.717, 1.165) is 22.3 Å².